The van der Waals surface area contributed by atoms with Crippen LogP contribution in [0.25, 0.3) is 0 Å². The van der Waals surface area contributed by atoms with E-state index in [-0.39, 0.29) is 10.8 Å². The summed E-state index contributed by atoms with van der Waals surface area (Å²) in [4.78, 5) is 14.9. The Morgan fingerprint density at radius 3 is 2.56 bits per heavy atom. The molecular weight excluding hydrogens is 426 g/mol. The Bertz CT molecular complexity index is 1020. The van der Waals surface area contributed by atoms with E-state index in [1.807, 2.05) is 50.1 Å². The maximum atomic E-state index is 12.9. The number of carbonyl (C=O) groups excluding carboxylic acids is 1. The van der Waals surface area contributed by atoms with Crippen molar-refractivity contribution in [2.24, 2.45) is 0 Å². The van der Waals surface area contributed by atoms with Gasteiger partial charge in [-0.05, 0) is 69.6 Å². The lowest BCUT2D eigenvalue weighted by Crippen LogP contribution is -2.41. The third kappa shape index (κ3) is 6.31. The number of hydrogen-bond donors (Lipinski definition) is 1. The summed E-state index contributed by atoms with van der Waals surface area (Å²) < 4.78 is 33.1. The molecule has 1 heterocycles. The number of amides is 1. The second kappa shape index (κ2) is 10.9. The first-order chi connectivity index (χ1) is 15.3. The number of rotatable bonds is 9. The molecular formula is C24H33N3O4S. The summed E-state index contributed by atoms with van der Waals surface area (Å²) in [6.45, 7) is 5.96. The molecule has 1 saturated heterocycles. The Balaban J connectivity index is 1.55. The first kappa shape index (κ1) is 24.2. The van der Waals surface area contributed by atoms with Gasteiger partial charge in [0.1, 0.15) is 12.4 Å². The van der Waals surface area contributed by atoms with E-state index in [0.717, 1.165) is 30.6 Å². The van der Waals surface area contributed by atoms with Gasteiger partial charge < -0.3 is 10.1 Å². The minimum atomic E-state index is -3.54. The Labute approximate surface area is 191 Å². The Hall–Kier alpha value is -2.42. The van der Waals surface area contributed by atoms with Crippen molar-refractivity contribution in [3.05, 3.63) is 54.1 Å². The summed E-state index contributed by atoms with van der Waals surface area (Å²) in [7, 11) is -1.68. The number of carbonyl (C=O) groups is 1. The average Bonchev–Trinajstić information content (AvgIpc) is 2.79. The Morgan fingerprint density at radius 2 is 1.84 bits per heavy atom. The highest BCUT2D eigenvalue weighted by Gasteiger charge is 2.26. The predicted molar refractivity (Wildman–Crippen MR) is 126 cm³/mol. The summed E-state index contributed by atoms with van der Waals surface area (Å²) in [5.41, 5.74) is 1.61. The van der Waals surface area contributed by atoms with Crippen molar-refractivity contribution in [1.29, 1.82) is 0 Å². The molecule has 32 heavy (non-hydrogen) atoms. The van der Waals surface area contributed by atoms with Crippen LogP contribution in [0.2, 0.25) is 0 Å². The number of likely N-dealkylation sites (N-methyl/N-ethyl adjacent to an activating group) is 1. The van der Waals surface area contributed by atoms with Crippen molar-refractivity contribution in [3.63, 3.8) is 0 Å². The number of aryl methyl sites for hydroxylation is 1. The molecule has 174 valence electrons. The van der Waals surface area contributed by atoms with Crippen LogP contribution in [-0.4, -0.2) is 62.9 Å². The average molecular weight is 460 g/mol. The highest BCUT2D eigenvalue weighted by Crippen LogP contribution is 2.23. The zero-order valence-corrected chi connectivity index (χ0v) is 19.9. The molecule has 1 atom stereocenters. The summed E-state index contributed by atoms with van der Waals surface area (Å²) in [6.07, 6.45) is 2.82. The molecule has 3 rings (SSSR count). The lowest BCUT2D eigenvalue weighted by molar-refractivity contribution is -0.120. The zero-order chi connectivity index (χ0) is 23.1. The lowest BCUT2D eigenvalue weighted by Gasteiger charge is -2.26. The minimum Gasteiger partial charge on any atom is -0.492 e. The summed E-state index contributed by atoms with van der Waals surface area (Å²) >= 11 is 0. The fourth-order valence-electron chi connectivity index (χ4n) is 3.64. The predicted octanol–water partition coefficient (Wildman–Crippen LogP) is 3.51. The number of piperidine rings is 1. The molecule has 1 fully saturated rings. The van der Waals surface area contributed by atoms with Crippen LogP contribution < -0.4 is 10.1 Å². The number of anilines is 1. The van der Waals surface area contributed by atoms with Gasteiger partial charge in [0.15, 0.2) is 0 Å². The van der Waals surface area contributed by atoms with E-state index in [1.165, 1.54) is 10.4 Å². The van der Waals surface area contributed by atoms with Gasteiger partial charge in [-0.3, -0.25) is 9.69 Å². The molecule has 7 nitrogen and oxygen atoms in total. The van der Waals surface area contributed by atoms with E-state index in [0.29, 0.717) is 31.9 Å². The first-order valence-electron chi connectivity index (χ1n) is 11.1. The molecule has 0 aliphatic carbocycles. The normalized spacial score (nSPS) is 16.0. The van der Waals surface area contributed by atoms with Gasteiger partial charge in [0.2, 0.25) is 15.9 Å². The van der Waals surface area contributed by atoms with Crippen LogP contribution in [0.3, 0.4) is 0 Å². The minimum absolute atomic E-state index is 0.199. The Morgan fingerprint density at radius 1 is 1.12 bits per heavy atom. The molecule has 2 aromatic rings. The van der Waals surface area contributed by atoms with E-state index < -0.39 is 16.1 Å². The number of hydrogen-bond acceptors (Lipinski definition) is 5. The first-order valence-corrected chi connectivity index (χ1v) is 12.5. The van der Waals surface area contributed by atoms with Crippen molar-refractivity contribution in [1.82, 2.24) is 9.21 Å². The quantitative estimate of drug-likeness (QED) is 0.621. The third-order valence-corrected chi connectivity index (χ3v) is 7.69. The lowest BCUT2D eigenvalue weighted by atomic mass is 10.2. The largest absolute Gasteiger partial charge is 0.492 e. The fourth-order valence-corrected chi connectivity index (χ4v) is 5.21. The molecule has 0 bridgehead atoms. The van der Waals surface area contributed by atoms with Crippen molar-refractivity contribution in [2.75, 3.05) is 38.6 Å². The topological polar surface area (TPSA) is 79.0 Å². The summed E-state index contributed by atoms with van der Waals surface area (Å²) in [6, 6.07) is 13.9. The number of benzene rings is 2. The van der Waals surface area contributed by atoms with Gasteiger partial charge >= 0.3 is 0 Å². The summed E-state index contributed by atoms with van der Waals surface area (Å²) in [5.74, 6) is 0.609. The van der Waals surface area contributed by atoms with Crippen molar-refractivity contribution >= 4 is 21.6 Å². The van der Waals surface area contributed by atoms with Crippen molar-refractivity contribution in [2.45, 2.75) is 44.0 Å². The van der Waals surface area contributed by atoms with Crippen LogP contribution in [0.4, 0.5) is 5.69 Å². The molecule has 0 saturated carbocycles. The second-order valence-electron chi connectivity index (χ2n) is 8.30. The van der Waals surface area contributed by atoms with E-state index in [9.17, 15) is 13.2 Å². The number of nitrogens with zero attached hydrogens (tertiary/aromatic N) is 2. The second-order valence-corrected chi connectivity index (χ2v) is 10.2. The van der Waals surface area contributed by atoms with Gasteiger partial charge in [-0.15, -0.1) is 0 Å². The highest BCUT2D eigenvalue weighted by molar-refractivity contribution is 7.89. The van der Waals surface area contributed by atoms with E-state index in [2.05, 4.69) is 5.32 Å². The fraction of sp³-hybridized carbons (Fsp3) is 0.458. The smallest absolute Gasteiger partial charge is 0.243 e. The van der Waals surface area contributed by atoms with E-state index >= 15 is 0 Å². The van der Waals surface area contributed by atoms with Gasteiger partial charge in [0.05, 0.1) is 10.9 Å². The number of nitrogens with one attached hydrogen (secondary N) is 1. The van der Waals surface area contributed by atoms with Gasteiger partial charge in [0.25, 0.3) is 0 Å². The van der Waals surface area contributed by atoms with Crippen LogP contribution in [0.1, 0.15) is 31.7 Å². The summed E-state index contributed by atoms with van der Waals surface area (Å²) in [5, 5.41) is 2.85. The van der Waals surface area contributed by atoms with Gasteiger partial charge in [-0.1, -0.05) is 24.6 Å². The van der Waals surface area contributed by atoms with Crippen LogP contribution in [0, 0.1) is 6.92 Å². The SMILES string of the molecule is Cc1cccc(OCCN(C)C(C)C(=O)Nc2cccc(S(=O)(=O)N3CCCCC3)c2)c1. The Kier molecular flexibility index (Phi) is 8.28. The van der Waals surface area contributed by atoms with E-state index in [1.54, 1.807) is 18.2 Å². The van der Waals surface area contributed by atoms with E-state index in [4.69, 9.17) is 4.74 Å². The van der Waals surface area contributed by atoms with Gasteiger partial charge in [-0.2, -0.15) is 4.31 Å². The van der Waals surface area contributed by atoms with Gasteiger partial charge in [-0.25, -0.2) is 8.42 Å². The molecule has 8 heteroatoms. The zero-order valence-electron chi connectivity index (χ0n) is 19.1. The van der Waals surface area contributed by atoms with Gasteiger partial charge in [0, 0.05) is 25.3 Å². The molecule has 0 aromatic heterocycles. The maximum absolute atomic E-state index is 12.9. The maximum Gasteiger partial charge on any atom is 0.243 e. The van der Waals surface area contributed by atoms with Crippen LogP contribution in [0.5, 0.6) is 5.75 Å². The molecule has 1 aliphatic heterocycles. The number of ether oxygens (including phenoxy) is 1. The molecule has 0 spiro atoms. The standard InChI is InChI=1S/C24H33N3O4S/c1-19-9-7-11-22(17-19)31-16-15-26(3)20(2)24(28)25-21-10-8-12-23(18-21)32(29,30)27-13-5-4-6-14-27/h7-12,17-18,20H,4-6,13-16H2,1-3H3,(H,25,28). The van der Waals surface area contributed by atoms with Crippen LogP contribution in [0.15, 0.2) is 53.4 Å². The molecule has 2 aromatic carbocycles. The third-order valence-electron chi connectivity index (χ3n) is 5.80. The highest BCUT2D eigenvalue weighted by atomic mass is 32.2. The number of sulfonamides is 1. The molecule has 0 radical (unpaired) electrons. The molecule has 1 N–H and O–H groups in total. The molecule has 1 amide bonds. The van der Waals surface area contributed by atoms with Crippen molar-refractivity contribution in [3.8, 4) is 5.75 Å². The molecule has 1 unspecified atom stereocenters. The van der Waals surface area contributed by atoms with Crippen LogP contribution in [-0.2, 0) is 14.8 Å². The van der Waals surface area contributed by atoms with Crippen LogP contribution >= 0.6 is 0 Å². The monoisotopic (exact) mass is 459 g/mol. The van der Waals surface area contributed by atoms with Crippen molar-refractivity contribution < 1.29 is 17.9 Å². The molecule has 1 aliphatic rings.